The van der Waals surface area contributed by atoms with Crippen LogP contribution in [0, 0.1) is 18.7 Å². The standard InChI is InChI=1S/C22H23FN6/c1-11-7-16(23)10-18-20(11)27-22(25)29-21(18)26-19(28-29)9-15-8-17(15)14-5-3-13(4-6-14)12(2)24/h3-7,10,12,15,17H,8-9,24H2,1-2H3,(H2,25,27). The first-order valence-electron chi connectivity index (χ1n) is 9.87. The maximum Gasteiger partial charge on any atom is 0.223 e. The topological polar surface area (TPSA) is 95.1 Å². The van der Waals surface area contributed by atoms with Gasteiger partial charge in [-0.05, 0) is 60.9 Å². The molecule has 3 atom stereocenters. The largest absolute Gasteiger partial charge is 0.368 e. The molecule has 0 bridgehead atoms. The number of fused-ring (bicyclic) bond motifs is 3. The van der Waals surface area contributed by atoms with Crippen LogP contribution in [0.5, 0.6) is 0 Å². The predicted octanol–water partition coefficient (Wildman–Crippen LogP) is 3.67. The summed E-state index contributed by atoms with van der Waals surface area (Å²) in [5.74, 6) is 1.67. The number of rotatable bonds is 4. The molecule has 0 spiro atoms. The number of nitrogen functional groups attached to an aromatic ring is 1. The van der Waals surface area contributed by atoms with Crippen molar-refractivity contribution in [3.05, 3.63) is 64.7 Å². The van der Waals surface area contributed by atoms with Crippen LogP contribution in [0.25, 0.3) is 16.6 Å². The van der Waals surface area contributed by atoms with E-state index in [2.05, 4.69) is 39.3 Å². The van der Waals surface area contributed by atoms with Crippen molar-refractivity contribution in [3.8, 4) is 0 Å². The molecule has 2 heterocycles. The Labute approximate surface area is 167 Å². The summed E-state index contributed by atoms with van der Waals surface area (Å²) in [7, 11) is 0. The molecule has 1 aliphatic carbocycles. The molecule has 0 saturated heterocycles. The molecule has 29 heavy (non-hydrogen) atoms. The van der Waals surface area contributed by atoms with Gasteiger partial charge in [0.05, 0.1) is 5.52 Å². The maximum absolute atomic E-state index is 13.9. The lowest BCUT2D eigenvalue weighted by Gasteiger charge is -2.06. The van der Waals surface area contributed by atoms with Gasteiger partial charge in [0.25, 0.3) is 0 Å². The molecule has 5 rings (SSSR count). The van der Waals surface area contributed by atoms with Gasteiger partial charge in [-0.1, -0.05) is 24.3 Å². The highest BCUT2D eigenvalue weighted by Gasteiger charge is 2.39. The number of nitrogens with two attached hydrogens (primary N) is 2. The molecule has 0 aliphatic heterocycles. The van der Waals surface area contributed by atoms with E-state index < -0.39 is 0 Å². The first kappa shape index (κ1) is 18.0. The fourth-order valence-corrected chi connectivity index (χ4v) is 4.15. The molecule has 6 nitrogen and oxygen atoms in total. The summed E-state index contributed by atoms with van der Waals surface area (Å²) in [5.41, 5.74) is 16.4. The van der Waals surface area contributed by atoms with Crippen LogP contribution in [0.3, 0.4) is 0 Å². The van der Waals surface area contributed by atoms with E-state index in [9.17, 15) is 4.39 Å². The molecule has 1 aliphatic rings. The lowest BCUT2D eigenvalue weighted by molar-refractivity contribution is 0.628. The molecular weight excluding hydrogens is 367 g/mol. The number of aromatic nitrogens is 4. The number of nitrogens with zero attached hydrogens (tertiary/aromatic N) is 4. The Morgan fingerprint density at radius 1 is 1.21 bits per heavy atom. The molecule has 0 amide bonds. The Kier molecular flexibility index (Phi) is 4.03. The molecule has 4 N–H and O–H groups in total. The Morgan fingerprint density at radius 2 is 1.97 bits per heavy atom. The van der Waals surface area contributed by atoms with Gasteiger partial charge in [-0.2, -0.15) is 4.52 Å². The third kappa shape index (κ3) is 3.11. The minimum atomic E-state index is -0.314. The van der Waals surface area contributed by atoms with Crippen LogP contribution in [-0.2, 0) is 6.42 Å². The van der Waals surface area contributed by atoms with E-state index in [1.54, 1.807) is 0 Å². The van der Waals surface area contributed by atoms with Gasteiger partial charge >= 0.3 is 0 Å². The van der Waals surface area contributed by atoms with Gasteiger partial charge in [0.1, 0.15) is 5.82 Å². The summed E-state index contributed by atoms with van der Waals surface area (Å²) in [4.78, 5) is 9.08. The number of hydrogen-bond acceptors (Lipinski definition) is 5. The van der Waals surface area contributed by atoms with E-state index in [1.165, 1.54) is 22.2 Å². The van der Waals surface area contributed by atoms with E-state index in [0.717, 1.165) is 24.0 Å². The van der Waals surface area contributed by atoms with Gasteiger partial charge < -0.3 is 11.5 Å². The van der Waals surface area contributed by atoms with E-state index in [-0.39, 0.29) is 17.8 Å². The summed E-state index contributed by atoms with van der Waals surface area (Å²) < 4.78 is 15.5. The van der Waals surface area contributed by atoms with E-state index in [4.69, 9.17) is 11.5 Å². The summed E-state index contributed by atoms with van der Waals surface area (Å²) >= 11 is 0. The minimum absolute atomic E-state index is 0.0450. The second-order valence-corrected chi connectivity index (χ2v) is 8.11. The first-order chi connectivity index (χ1) is 13.9. The zero-order valence-corrected chi connectivity index (χ0v) is 16.4. The number of benzene rings is 2. The van der Waals surface area contributed by atoms with Crippen LogP contribution in [0.1, 0.15) is 47.8 Å². The van der Waals surface area contributed by atoms with Gasteiger partial charge in [-0.3, -0.25) is 0 Å². The van der Waals surface area contributed by atoms with E-state index in [1.807, 2.05) is 13.8 Å². The van der Waals surface area contributed by atoms with Crippen molar-refractivity contribution < 1.29 is 4.39 Å². The molecule has 2 aromatic carbocycles. The third-order valence-corrected chi connectivity index (χ3v) is 5.86. The molecule has 3 unspecified atom stereocenters. The van der Waals surface area contributed by atoms with Gasteiger partial charge in [0, 0.05) is 17.8 Å². The molecule has 1 saturated carbocycles. The highest BCUT2D eigenvalue weighted by molar-refractivity contribution is 5.94. The van der Waals surface area contributed by atoms with Crippen molar-refractivity contribution in [2.24, 2.45) is 11.7 Å². The summed E-state index contributed by atoms with van der Waals surface area (Å²) in [5, 5.41) is 5.18. The second kappa shape index (κ2) is 6.49. The summed E-state index contributed by atoms with van der Waals surface area (Å²) in [6.45, 7) is 3.80. The zero-order chi connectivity index (χ0) is 20.3. The number of anilines is 1. The molecule has 0 radical (unpaired) electrons. The van der Waals surface area contributed by atoms with E-state index >= 15 is 0 Å². The number of aryl methyl sites for hydroxylation is 1. The van der Waals surface area contributed by atoms with Gasteiger partial charge in [0.2, 0.25) is 5.95 Å². The van der Waals surface area contributed by atoms with Crippen molar-refractivity contribution in [3.63, 3.8) is 0 Å². The number of hydrogen-bond donors (Lipinski definition) is 2. The Morgan fingerprint density at radius 3 is 2.69 bits per heavy atom. The van der Waals surface area contributed by atoms with Crippen molar-refractivity contribution in [1.82, 2.24) is 19.6 Å². The van der Waals surface area contributed by atoms with E-state index in [0.29, 0.717) is 34.2 Å². The Balaban J connectivity index is 1.43. The highest BCUT2D eigenvalue weighted by atomic mass is 19.1. The summed E-state index contributed by atoms with van der Waals surface area (Å²) in [6.07, 6.45) is 1.87. The Hall–Kier alpha value is -3.06. The highest BCUT2D eigenvalue weighted by Crippen LogP contribution is 2.49. The quantitative estimate of drug-likeness (QED) is 0.554. The molecule has 148 valence electrons. The van der Waals surface area contributed by atoms with Crippen LogP contribution in [0.4, 0.5) is 10.3 Å². The minimum Gasteiger partial charge on any atom is -0.368 e. The molecule has 7 heteroatoms. The fourth-order valence-electron chi connectivity index (χ4n) is 4.15. The van der Waals surface area contributed by atoms with Crippen LogP contribution >= 0.6 is 0 Å². The average molecular weight is 390 g/mol. The molecular formula is C22H23FN6. The van der Waals surface area contributed by atoms with Gasteiger partial charge in [-0.15, -0.1) is 5.10 Å². The van der Waals surface area contributed by atoms with Crippen LogP contribution in [-0.4, -0.2) is 19.6 Å². The monoisotopic (exact) mass is 390 g/mol. The van der Waals surface area contributed by atoms with Crippen LogP contribution in [0.2, 0.25) is 0 Å². The fraction of sp³-hybridized carbons (Fsp3) is 0.318. The summed E-state index contributed by atoms with van der Waals surface area (Å²) in [6, 6.07) is 11.5. The lowest BCUT2D eigenvalue weighted by Crippen LogP contribution is -2.04. The third-order valence-electron chi connectivity index (χ3n) is 5.86. The normalized spacial score (nSPS) is 19.7. The van der Waals surface area contributed by atoms with Crippen molar-refractivity contribution in [2.45, 2.75) is 38.6 Å². The van der Waals surface area contributed by atoms with Gasteiger partial charge in [-0.25, -0.2) is 14.4 Å². The van der Waals surface area contributed by atoms with Crippen LogP contribution in [0.15, 0.2) is 36.4 Å². The maximum atomic E-state index is 13.9. The molecule has 1 fully saturated rings. The lowest BCUT2D eigenvalue weighted by atomic mass is 10.0. The SMILES string of the molecule is Cc1cc(F)cc2c1nc(N)n1nc(CC3CC3c3ccc(C(C)N)cc3)nc21. The van der Waals surface area contributed by atoms with Crippen molar-refractivity contribution in [1.29, 1.82) is 0 Å². The zero-order valence-electron chi connectivity index (χ0n) is 16.4. The molecule has 4 aromatic rings. The first-order valence-corrected chi connectivity index (χ1v) is 9.87. The van der Waals surface area contributed by atoms with Crippen LogP contribution < -0.4 is 11.5 Å². The van der Waals surface area contributed by atoms with Crippen molar-refractivity contribution in [2.75, 3.05) is 5.73 Å². The predicted molar refractivity (Wildman–Crippen MR) is 111 cm³/mol. The Bertz CT molecular complexity index is 1230. The smallest absolute Gasteiger partial charge is 0.223 e. The average Bonchev–Trinajstić information content (AvgIpc) is 3.30. The number of halogens is 1. The van der Waals surface area contributed by atoms with Crippen molar-refractivity contribution >= 4 is 22.5 Å². The molecule has 2 aromatic heterocycles. The second-order valence-electron chi connectivity index (χ2n) is 8.11. The van der Waals surface area contributed by atoms with Gasteiger partial charge in [0.15, 0.2) is 11.5 Å².